The fraction of sp³-hybridized carbons (Fsp3) is 0.750. The van der Waals surface area contributed by atoms with Crippen LogP contribution in [0.4, 0.5) is 0 Å². The van der Waals surface area contributed by atoms with Crippen LogP contribution in [-0.2, 0) is 23.9 Å². The van der Waals surface area contributed by atoms with Gasteiger partial charge in [0.2, 0.25) is 0 Å². The zero-order chi connectivity index (χ0) is 17.5. The number of aliphatic hydroxyl groups excluding tert-OH is 2. The average Bonchev–Trinajstić information content (AvgIpc) is 2.43. The first-order valence-corrected chi connectivity index (χ1v) is 6.40. The van der Waals surface area contributed by atoms with E-state index in [1.807, 2.05) is 0 Å². The quantitative estimate of drug-likeness (QED) is 0.285. The van der Waals surface area contributed by atoms with Gasteiger partial charge in [0.25, 0.3) is 0 Å². The standard InChI is InChI=1S/C8H12O7.C4H10O3/c1-2-15-6(8(13)14)4(7(11)12)3-5(9)10;5-1-3-7-4-2-6/h4,6H,2-3H2,1H3,(H,9,10)(H,11,12)(H,13,14);5-6H,1-4H2. The Bertz CT molecular complexity index is 326. The maximum absolute atomic E-state index is 10.6. The summed E-state index contributed by atoms with van der Waals surface area (Å²) in [5.74, 6) is -5.95. The van der Waals surface area contributed by atoms with Gasteiger partial charge >= 0.3 is 17.9 Å². The second-order valence-electron chi connectivity index (χ2n) is 3.82. The molecule has 0 aliphatic carbocycles. The zero-order valence-corrected chi connectivity index (χ0v) is 12.2. The molecule has 0 aromatic rings. The van der Waals surface area contributed by atoms with E-state index in [-0.39, 0.29) is 19.8 Å². The maximum atomic E-state index is 10.6. The van der Waals surface area contributed by atoms with Gasteiger partial charge in [0.1, 0.15) is 5.92 Å². The Labute approximate surface area is 126 Å². The number of aliphatic hydroxyl groups is 2. The highest BCUT2D eigenvalue weighted by Gasteiger charge is 2.36. The van der Waals surface area contributed by atoms with Crippen LogP contribution in [0.5, 0.6) is 0 Å². The molecule has 0 aliphatic heterocycles. The summed E-state index contributed by atoms with van der Waals surface area (Å²) >= 11 is 0. The van der Waals surface area contributed by atoms with Crippen LogP contribution in [0.3, 0.4) is 0 Å². The molecular weight excluding hydrogens is 304 g/mol. The van der Waals surface area contributed by atoms with Gasteiger partial charge < -0.3 is 35.0 Å². The molecule has 22 heavy (non-hydrogen) atoms. The highest BCUT2D eigenvalue weighted by atomic mass is 16.5. The van der Waals surface area contributed by atoms with Gasteiger partial charge in [-0.05, 0) is 6.92 Å². The van der Waals surface area contributed by atoms with Crippen molar-refractivity contribution in [2.45, 2.75) is 19.4 Å². The minimum atomic E-state index is -1.64. The number of hydrogen-bond acceptors (Lipinski definition) is 7. The molecule has 0 aromatic carbocycles. The summed E-state index contributed by atoms with van der Waals surface area (Å²) in [5.41, 5.74) is 0. The molecule has 0 bridgehead atoms. The van der Waals surface area contributed by atoms with E-state index >= 15 is 0 Å². The van der Waals surface area contributed by atoms with E-state index in [4.69, 9.17) is 25.5 Å². The summed E-state index contributed by atoms with van der Waals surface area (Å²) in [6.07, 6.45) is -2.42. The fourth-order valence-corrected chi connectivity index (χ4v) is 1.28. The van der Waals surface area contributed by atoms with Crippen LogP contribution in [0.2, 0.25) is 0 Å². The van der Waals surface area contributed by atoms with E-state index in [9.17, 15) is 14.4 Å². The largest absolute Gasteiger partial charge is 0.481 e. The molecule has 0 radical (unpaired) electrons. The first kappa shape index (κ1) is 22.5. The second kappa shape index (κ2) is 14.2. The highest BCUT2D eigenvalue weighted by molar-refractivity contribution is 5.85. The predicted octanol–water partition coefficient (Wildman–Crippen LogP) is -1.36. The molecule has 5 N–H and O–H groups in total. The molecule has 0 rings (SSSR count). The number of carbonyl (C=O) groups is 3. The van der Waals surface area contributed by atoms with Crippen molar-refractivity contribution in [1.82, 2.24) is 0 Å². The third-order valence-corrected chi connectivity index (χ3v) is 2.14. The summed E-state index contributed by atoms with van der Waals surface area (Å²) < 4.78 is 9.32. The van der Waals surface area contributed by atoms with Gasteiger partial charge in [-0.25, -0.2) is 4.79 Å². The summed E-state index contributed by atoms with van der Waals surface area (Å²) in [4.78, 5) is 31.6. The number of carboxylic acids is 3. The molecule has 2 atom stereocenters. The van der Waals surface area contributed by atoms with Crippen molar-refractivity contribution in [3.63, 3.8) is 0 Å². The molecule has 0 amide bonds. The lowest BCUT2D eigenvalue weighted by Crippen LogP contribution is -2.38. The van der Waals surface area contributed by atoms with E-state index in [1.54, 1.807) is 0 Å². The minimum Gasteiger partial charge on any atom is -0.481 e. The monoisotopic (exact) mass is 326 g/mol. The van der Waals surface area contributed by atoms with E-state index in [1.165, 1.54) is 6.92 Å². The van der Waals surface area contributed by atoms with E-state index in [0.29, 0.717) is 13.2 Å². The van der Waals surface area contributed by atoms with Crippen molar-refractivity contribution >= 4 is 17.9 Å². The summed E-state index contributed by atoms with van der Waals surface area (Å²) in [6.45, 7) is 2.19. The molecule has 10 nitrogen and oxygen atoms in total. The normalized spacial score (nSPS) is 12.7. The first-order chi connectivity index (χ1) is 10.3. The lowest BCUT2D eigenvalue weighted by molar-refractivity contribution is -0.166. The fourth-order valence-electron chi connectivity index (χ4n) is 1.28. The van der Waals surface area contributed by atoms with Crippen LogP contribution in [0.25, 0.3) is 0 Å². The van der Waals surface area contributed by atoms with Crippen molar-refractivity contribution in [3.05, 3.63) is 0 Å². The van der Waals surface area contributed by atoms with Crippen molar-refractivity contribution in [2.24, 2.45) is 5.92 Å². The van der Waals surface area contributed by atoms with Gasteiger partial charge in [0, 0.05) is 6.61 Å². The molecule has 0 aromatic heterocycles. The molecule has 130 valence electrons. The van der Waals surface area contributed by atoms with Gasteiger partial charge in [-0.2, -0.15) is 0 Å². The van der Waals surface area contributed by atoms with Crippen LogP contribution in [0.1, 0.15) is 13.3 Å². The molecule has 0 saturated heterocycles. The van der Waals surface area contributed by atoms with E-state index < -0.39 is 36.4 Å². The first-order valence-electron chi connectivity index (χ1n) is 6.40. The Balaban J connectivity index is 0. The highest BCUT2D eigenvalue weighted by Crippen LogP contribution is 2.14. The second-order valence-corrected chi connectivity index (χ2v) is 3.82. The third-order valence-electron chi connectivity index (χ3n) is 2.14. The van der Waals surface area contributed by atoms with Crippen molar-refractivity contribution < 1.29 is 49.4 Å². The maximum Gasteiger partial charge on any atom is 0.333 e. The third kappa shape index (κ3) is 12.0. The molecule has 0 aliphatic rings. The number of ether oxygens (including phenoxy) is 2. The number of rotatable bonds is 11. The van der Waals surface area contributed by atoms with Gasteiger partial charge in [-0.3, -0.25) is 9.59 Å². The molecule has 0 spiro atoms. The average molecular weight is 326 g/mol. The van der Waals surface area contributed by atoms with Gasteiger partial charge in [-0.15, -0.1) is 0 Å². The Morgan fingerprint density at radius 2 is 1.45 bits per heavy atom. The van der Waals surface area contributed by atoms with Crippen molar-refractivity contribution in [1.29, 1.82) is 0 Å². The number of carboxylic acid groups (broad SMARTS) is 3. The van der Waals surface area contributed by atoms with E-state index in [0.717, 1.165) is 0 Å². The predicted molar refractivity (Wildman–Crippen MR) is 71.4 cm³/mol. The SMILES string of the molecule is CCOC(C(=O)O)C(CC(=O)O)C(=O)O.OCCOCCO. The van der Waals surface area contributed by atoms with Crippen LogP contribution in [0.15, 0.2) is 0 Å². The Morgan fingerprint density at radius 3 is 1.73 bits per heavy atom. The van der Waals surface area contributed by atoms with Gasteiger partial charge in [0.15, 0.2) is 6.10 Å². The van der Waals surface area contributed by atoms with Crippen LogP contribution in [-0.4, -0.2) is 82.6 Å². The van der Waals surface area contributed by atoms with E-state index in [2.05, 4.69) is 9.47 Å². The topological polar surface area (TPSA) is 171 Å². The molecule has 0 saturated carbocycles. The van der Waals surface area contributed by atoms with Gasteiger partial charge in [0.05, 0.1) is 32.8 Å². The lowest BCUT2D eigenvalue weighted by atomic mass is 9.98. The smallest absolute Gasteiger partial charge is 0.333 e. The molecular formula is C12H22O10. The minimum absolute atomic E-state index is 0.000363. The van der Waals surface area contributed by atoms with Crippen LogP contribution >= 0.6 is 0 Å². The van der Waals surface area contributed by atoms with Gasteiger partial charge in [-0.1, -0.05) is 0 Å². The molecule has 0 fully saturated rings. The summed E-state index contributed by atoms with van der Waals surface area (Å²) in [7, 11) is 0. The summed E-state index contributed by atoms with van der Waals surface area (Å²) in [5, 5.41) is 41.9. The van der Waals surface area contributed by atoms with Crippen molar-refractivity contribution in [3.8, 4) is 0 Å². The Kier molecular flexibility index (Phi) is 14.5. The lowest BCUT2D eigenvalue weighted by Gasteiger charge is -2.18. The summed E-state index contributed by atoms with van der Waals surface area (Å²) in [6, 6.07) is 0. The number of hydrogen-bond donors (Lipinski definition) is 5. The molecule has 10 heteroatoms. The Hall–Kier alpha value is -1.75. The number of aliphatic carboxylic acids is 3. The zero-order valence-electron chi connectivity index (χ0n) is 12.2. The Morgan fingerprint density at radius 1 is 0.955 bits per heavy atom. The van der Waals surface area contributed by atoms with Crippen LogP contribution < -0.4 is 0 Å². The molecule has 2 unspecified atom stereocenters. The van der Waals surface area contributed by atoms with Crippen molar-refractivity contribution in [2.75, 3.05) is 33.0 Å². The van der Waals surface area contributed by atoms with Crippen LogP contribution in [0, 0.1) is 5.92 Å². The molecule has 0 heterocycles.